The Balaban J connectivity index is 2.44. The number of hydrogen-bond donors (Lipinski definition) is 1. The van der Waals surface area contributed by atoms with E-state index in [0.717, 1.165) is 12.8 Å². The highest BCUT2D eigenvalue weighted by molar-refractivity contribution is 8.18. The first-order valence-electron chi connectivity index (χ1n) is 4.65. The molecule has 72 valence electrons. The average molecular weight is 206 g/mol. The van der Waals surface area contributed by atoms with Gasteiger partial charge in [0.1, 0.15) is 0 Å². The normalized spacial score (nSPS) is 25.2. The molecule has 0 aromatic rings. The minimum atomic E-state index is -0.127. The van der Waals surface area contributed by atoms with Crippen LogP contribution in [0.5, 0.6) is 0 Å². The van der Waals surface area contributed by atoms with Crippen LogP contribution in [0.2, 0.25) is 0 Å². The van der Waals surface area contributed by atoms with Crippen molar-refractivity contribution in [3.63, 3.8) is 0 Å². The highest BCUT2D eigenvalue weighted by Gasteiger charge is 2.35. The molecule has 1 rings (SSSR count). The zero-order chi connectivity index (χ0) is 9.03. The standard InChI is InChI=1S/C9H18OS2/c1-3-5-8(10)9(2)11-6-4-7-12-9/h8,10H,3-7H2,1-2H3. The lowest BCUT2D eigenvalue weighted by Gasteiger charge is -2.36. The SMILES string of the molecule is CCCC(O)C1(C)SCCCS1. The van der Waals surface area contributed by atoms with E-state index in [9.17, 15) is 5.11 Å². The molecular formula is C9H18OS2. The van der Waals surface area contributed by atoms with Gasteiger partial charge in [0.25, 0.3) is 0 Å². The van der Waals surface area contributed by atoms with Crippen molar-refractivity contribution in [3.05, 3.63) is 0 Å². The van der Waals surface area contributed by atoms with Crippen LogP contribution in [-0.2, 0) is 0 Å². The number of aliphatic hydroxyl groups excluding tert-OH is 1. The molecule has 1 heterocycles. The fraction of sp³-hybridized carbons (Fsp3) is 1.00. The van der Waals surface area contributed by atoms with Crippen molar-refractivity contribution in [1.82, 2.24) is 0 Å². The predicted octanol–water partition coefficient (Wildman–Crippen LogP) is 2.73. The molecule has 1 N–H and O–H groups in total. The molecule has 0 bridgehead atoms. The zero-order valence-corrected chi connectivity index (χ0v) is 9.51. The van der Waals surface area contributed by atoms with E-state index < -0.39 is 0 Å². The Bertz CT molecular complexity index is 132. The Hall–Kier alpha value is 0.660. The van der Waals surface area contributed by atoms with Gasteiger partial charge in [-0.2, -0.15) is 0 Å². The molecule has 0 aromatic heterocycles. The third kappa shape index (κ3) is 2.57. The van der Waals surface area contributed by atoms with Crippen LogP contribution >= 0.6 is 23.5 Å². The van der Waals surface area contributed by atoms with Crippen LogP contribution in [0, 0.1) is 0 Å². The molecule has 0 aromatic carbocycles. The third-order valence-electron chi connectivity index (χ3n) is 2.23. The lowest BCUT2D eigenvalue weighted by atomic mass is 10.1. The molecule has 1 fully saturated rings. The molecule has 1 saturated heterocycles. The summed E-state index contributed by atoms with van der Waals surface area (Å²) in [6.45, 7) is 4.31. The van der Waals surface area contributed by atoms with Gasteiger partial charge in [-0.15, -0.1) is 23.5 Å². The summed E-state index contributed by atoms with van der Waals surface area (Å²) in [5.74, 6) is 2.43. The molecule has 0 aliphatic carbocycles. The number of thioether (sulfide) groups is 2. The van der Waals surface area contributed by atoms with E-state index in [4.69, 9.17) is 0 Å². The van der Waals surface area contributed by atoms with E-state index in [2.05, 4.69) is 13.8 Å². The Morgan fingerprint density at radius 3 is 2.50 bits per heavy atom. The van der Waals surface area contributed by atoms with Crippen molar-refractivity contribution in [1.29, 1.82) is 0 Å². The summed E-state index contributed by atoms with van der Waals surface area (Å²) in [4.78, 5) is 0. The number of rotatable bonds is 3. The molecular weight excluding hydrogens is 188 g/mol. The summed E-state index contributed by atoms with van der Waals surface area (Å²) in [6.07, 6.45) is 3.19. The lowest BCUT2D eigenvalue weighted by molar-refractivity contribution is 0.155. The molecule has 0 radical (unpaired) electrons. The van der Waals surface area contributed by atoms with Crippen molar-refractivity contribution < 1.29 is 5.11 Å². The van der Waals surface area contributed by atoms with Crippen LogP contribution in [0.3, 0.4) is 0 Å². The van der Waals surface area contributed by atoms with E-state index in [-0.39, 0.29) is 10.2 Å². The first-order valence-corrected chi connectivity index (χ1v) is 6.62. The van der Waals surface area contributed by atoms with Gasteiger partial charge < -0.3 is 5.11 Å². The van der Waals surface area contributed by atoms with Gasteiger partial charge in [-0.3, -0.25) is 0 Å². The second-order valence-corrected chi connectivity index (χ2v) is 6.72. The number of aliphatic hydroxyl groups is 1. The molecule has 0 saturated carbocycles. The van der Waals surface area contributed by atoms with Gasteiger partial charge in [0.2, 0.25) is 0 Å². The monoisotopic (exact) mass is 206 g/mol. The first kappa shape index (κ1) is 10.7. The largest absolute Gasteiger partial charge is 0.391 e. The van der Waals surface area contributed by atoms with Crippen LogP contribution in [0.4, 0.5) is 0 Å². The van der Waals surface area contributed by atoms with Crippen molar-refractivity contribution in [2.24, 2.45) is 0 Å². The van der Waals surface area contributed by atoms with Crippen molar-refractivity contribution in [2.75, 3.05) is 11.5 Å². The summed E-state index contributed by atoms with van der Waals surface area (Å²) < 4.78 is 0.0776. The Morgan fingerprint density at radius 1 is 1.42 bits per heavy atom. The molecule has 1 aliphatic rings. The maximum Gasteiger partial charge on any atom is 0.0840 e. The second kappa shape index (κ2) is 4.77. The quantitative estimate of drug-likeness (QED) is 0.767. The van der Waals surface area contributed by atoms with Gasteiger partial charge in [-0.05, 0) is 31.3 Å². The third-order valence-corrected chi connectivity index (χ3v) is 5.62. The van der Waals surface area contributed by atoms with E-state index in [1.807, 2.05) is 23.5 Å². The smallest absolute Gasteiger partial charge is 0.0840 e. The Labute approximate surface area is 83.7 Å². The molecule has 3 heteroatoms. The molecule has 1 unspecified atom stereocenters. The Morgan fingerprint density at radius 2 is 2.00 bits per heavy atom. The maximum atomic E-state index is 9.89. The van der Waals surface area contributed by atoms with Crippen LogP contribution in [-0.4, -0.2) is 26.8 Å². The van der Waals surface area contributed by atoms with Gasteiger partial charge in [-0.1, -0.05) is 13.3 Å². The van der Waals surface area contributed by atoms with E-state index in [1.54, 1.807) is 0 Å². The van der Waals surface area contributed by atoms with Gasteiger partial charge >= 0.3 is 0 Å². The van der Waals surface area contributed by atoms with Crippen molar-refractivity contribution in [3.8, 4) is 0 Å². The fourth-order valence-corrected chi connectivity index (χ4v) is 4.40. The summed E-state index contributed by atoms with van der Waals surface area (Å²) >= 11 is 3.85. The van der Waals surface area contributed by atoms with Crippen LogP contribution in [0.1, 0.15) is 33.1 Å². The summed E-state index contributed by atoms with van der Waals surface area (Å²) in [7, 11) is 0. The second-order valence-electron chi connectivity index (χ2n) is 3.37. The Kier molecular flexibility index (Phi) is 4.27. The molecule has 1 nitrogen and oxygen atoms in total. The van der Waals surface area contributed by atoms with Crippen LogP contribution in [0.15, 0.2) is 0 Å². The van der Waals surface area contributed by atoms with Gasteiger partial charge in [0.15, 0.2) is 0 Å². The minimum absolute atomic E-state index is 0.0776. The fourth-order valence-electron chi connectivity index (χ4n) is 1.38. The minimum Gasteiger partial charge on any atom is -0.391 e. The van der Waals surface area contributed by atoms with E-state index >= 15 is 0 Å². The van der Waals surface area contributed by atoms with E-state index in [0.29, 0.717) is 0 Å². The topological polar surface area (TPSA) is 20.2 Å². The first-order chi connectivity index (χ1) is 5.69. The highest BCUT2D eigenvalue weighted by Crippen LogP contribution is 2.45. The van der Waals surface area contributed by atoms with Crippen molar-refractivity contribution >= 4 is 23.5 Å². The van der Waals surface area contributed by atoms with Gasteiger partial charge in [0.05, 0.1) is 10.2 Å². The summed E-state index contributed by atoms with van der Waals surface area (Å²) in [5.41, 5.74) is 0. The van der Waals surface area contributed by atoms with Crippen LogP contribution < -0.4 is 0 Å². The van der Waals surface area contributed by atoms with Crippen molar-refractivity contribution in [2.45, 2.75) is 43.3 Å². The van der Waals surface area contributed by atoms with E-state index in [1.165, 1.54) is 17.9 Å². The average Bonchev–Trinajstić information content (AvgIpc) is 2.06. The molecule has 12 heavy (non-hydrogen) atoms. The summed E-state index contributed by atoms with van der Waals surface area (Å²) in [6, 6.07) is 0. The lowest BCUT2D eigenvalue weighted by Crippen LogP contribution is -2.35. The van der Waals surface area contributed by atoms with Crippen LogP contribution in [0.25, 0.3) is 0 Å². The zero-order valence-electron chi connectivity index (χ0n) is 7.88. The highest BCUT2D eigenvalue weighted by atomic mass is 32.2. The summed E-state index contributed by atoms with van der Waals surface area (Å²) in [5, 5.41) is 9.89. The predicted molar refractivity (Wildman–Crippen MR) is 58.9 cm³/mol. The molecule has 0 spiro atoms. The molecule has 1 atom stereocenters. The number of hydrogen-bond acceptors (Lipinski definition) is 3. The molecule has 0 amide bonds. The van der Waals surface area contributed by atoms with Gasteiger partial charge in [0, 0.05) is 0 Å². The van der Waals surface area contributed by atoms with Gasteiger partial charge in [-0.25, -0.2) is 0 Å². The maximum absolute atomic E-state index is 9.89. The molecule has 1 aliphatic heterocycles.